The van der Waals surface area contributed by atoms with Crippen LogP contribution in [0.3, 0.4) is 0 Å². The molecule has 0 aliphatic carbocycles. The minimum Gasteiger partial charge on any atom is -0.328 e. The molecule has 0 saturated heterocycles. The number of benzene rings is 2. The molecular weight excluding hydrogens is 336 g/mol. The van der Waals surface area contributed by atoms with Gasteiger partial charge in [-0.15, -0.1) is 0 Å². The normalized spacial score (nSPS) is 13.4. The molecule has 1 aliphatic heterocycles. The Morgan fingerprint density at radius 3 is 2.67 bits per heavy atom. The summed E-state index contributed by atoms with van der Waals surface area (Å²) in [7, 11) is 1.95. The fourth-order valence-corrected chi connectivity index (χ4v) is 3.68. The number of aromatic nitrogens is 3. The van der Waals surface area contributed by atoms with E-state index in [2.05, 4.69) is 52.5 Å². The van der Waals surface area contributed by atoms with Crippen LogP contribution in [0.15, 0.2) is 67.0 Å². The summed E-state index contributed by atoms with van der Waals surface area (Å²) in [4.78, 5) is 18.6. The van der Waals surface area contributed by atoms with Crippen LogP contribution >= 0.6 is 0 Å². The second-order valence-electron chi connectivity index (χ2n) is 6.90. The molecule has 4 aromatic rings. The first-order chi connectivity index (χ1) is 13.2. The van der Waals surface area contributed by atoms with Crippen molar-refractivity contribution >= 4 is 16.8 Å². The second kappa shape index (κ2) is 6.06. The number of fused-ring (bicyclic) bond motifs is 2. The Bertz CT molecular complexity index is 1160. The molecule has 5 rings (SSSR count). The van der Waals surface area contributed by atoms with Gasteiger partial charge in [-0.25, -0.2) is 0 Å². The van der Waals surface area contributed by atoms with Crippen LogP contribution in [0, 0.1) is 0 Å². The van der Waals surface area contributed by atoms with Crippen LogP contribution in [0.2, 0.25) is 0 Å². The molecule has 0 bridgehead atoms. The van der Waals surface area contributed by atoms with Gasteiger partial charge >= 0.3 is 0 Å². The number of carbonyl (C=O) groups excluding carboxylic acids is 1. The molecule has 3 heterocycles. The van der Waals surface area contributed by atoms with E-state index in [1.165, 1.54) is 0 Å². The van der Waals surface area contributed by atoms with Gasteiger partial charge in [0.05, 0.1) is 29.5 Å². The molecule has 0 fully saturated rings. The van der Waals surface area contributed by atoms with Gasteiger partial charge in [-0.2, -0.15) is 5.10 Å². The quantitative estimate of drug-likeness (QED) is 0.562. The molecule has 132 valence electrons. The van der Waals surface area contributed by atoms with E-state index in [1.807, 2.05) is 35.0 Å². The monoisotopic (exact) mass is 354 g/mol. The largest absolute Gasteiger partial charge is 0.328 e. The van der Waals surface area contributed by atoms with Crippen molar-refractivity contribution in [1.82, 2.24) is 19.7 Å². The van der Waals surface area contributed by atoms with E-state index in [1.54, 1.807) is 6.20 Å². The molecular formula is C22H18N4O. The fourth-order valence-electron chi connectivity index (χ4n) is 3.68. The lowest BCUT2D eigenvalue weighted by Crippen LogP contribution is -2.23. The van der Waals surface area contributed by atoms with E-state index in [-0.39, 0.29) is 5.91 Å². The molecule has 1 amide bonds. The van der Waals surface area contributed by atoms with Gasteiger partial charge in [0.25, 0.3) is 5.91 Å². The predicted molar refractivity (Wildman–Crippen MR) is 104 cm³/mol. The highest BCUT2D eigenvalue weighted by molar-refractivity contribution is 5.97. The molecule has 2 aromatic carbocycles. The summed E-state index contributed by atoms with van der Waals surface area (Å²) in [5.41, 5.74) is 6.14. The van der Waals surface area contributed by atoms with Crippen molar-refractivity contribution in [3.63, 3.8) is 0 Å². The van der Waals surface area contributed by atoms with Crippen LogP contribution in [0.4, 0.5) is 0 Å². The first-order valence-electron chi connectivity index (χ1n) is 8.93. The van der Waals surface area contributed by atoms with Crippen LogP contribution < -0.4 is 0 Å². The van der Waals surface area contributed by atoms with E-state index in [4.69, 9.17) is 0 Å². The Balaban J connectivity index is 1.36. The van der Waals surface area contributed by atoms with Crippen LogP contribution in [0.1, 0.15) is 21.6 Å². The van der Waals surface area contributed by atoms with Gasteiger partial charge in [-0.3, -0.25) is 14.5 Å². The fraction of sp³-hybridized carbons (Fsp3) is 0.136. The van der Waals surface area contributed by atoms with E-state index in [9.17, 15) is 4.79 Å². The number of nitrogens with zero attached hydrogens (tertiary/aromatic N) is 4. The number of hydrogen-bond acceptors (Lipinski definition) is 3. The van der Waals surface area contributed by atoms with Crippen molar-refractivity contribution in [3.8, 4) is 11.1 Å². The number of aryl methyl sites for hydroxylation is 1. The Kier molecular flexibility index (Phi) is 3.53. The summed E-state index contributed by atoms with van der Waals surface area (Å²) >= 11 is 0. The van der Waals surface area contributed by atoms with Crippen molar-refractivity contribution in [2.75, 3.05) is 0 Å². The van der Waals surface area contributed by atoms with Gasteiger partial charge in [0, 0.05) is 25.2 Å². The summed E-state index contributed by atoms with van der Waals surface area (Å²) in [6, 6.07) is 18.4. The molecule has 5 heteroatoms. The van der Waals surface area contributed by atoms with Crippen molar-refractivity contribution in [1.29, 1.82) is 0 Å². The molecule has 1 aliphatic rings. The van der Waals surface area contributed by atoms with E-state index in [0.717, 1.165) is 38.9 Å². The van der Waals surface area contributed by atoms with Crippen LogP contribution in [-0.2, 0) is 20.1 Å². The van der Waals surface area contributed by atoms with Crippen molar-refractivity contribution < 1.29 is 4.79 Å². The van der Waals surface area contributed by atoms with Crippen LogP contribution in [0.5, 0.6) is 0 Å². The highest BCUT2D eigenvalue weighted by Gasteiger charge is 2.27. The lowest BCUT2D eigenvalue weighted by atomic mass is 10.0. The number of carbonyl (C=O) groups is 1. The number of hydrogen-bond donors (Lipinski definition) is 0. The highest BCUT2D eigenvalue weighted by Crippen LogP contribution is 2.26. The zero-order valence-electron chi connectivity index (χ0n) is 15.0. The standard InChI is InChI=1S/C22H18N4O/c1-25-21-9-8-17(11-18(21)12-24-25)16-6-4-15(5-7-16)13-26-14-20-19(22(26)27)3-2-10-23-20/h2-12H,13-14H2,1H3. The third-order valence-corrected chi connectivity index (χ3v) is 5.16. The third-order valence-electron chi connectivity index (χ3n) is 5.16. The lowest BCUT2D eigenvalue weighted by molar-refractivity contribution is 0.0766. The molecule has 0 atom stereocenters. The summed E-state index contributed by atoms with van der Waals surface area (Å²) in [6.07, 6.45) is 3.63. The third kappa shape index (κ3) is 2.68. The van der Waals surface area contributed by atoms with Gasteiger partial charge < -0.3 is 4.90 Å². The smallest absolute Gasteiger partial charge is 0.256 e. The average molecular weight is 354 g/mol. The number of pyridine rings is 1. The van der Waals surface area contributed by atoms with Gasteiger partial charge in [0.15, 0.2) is 0 Å². The maximum absolute atomic E-state index is 12.5. The van der Waals surface area contributed by atoms with E-state index >= 15 is 0 Å². The Hall–Kier alpha value is -3.47. The Morgan fingerprint density at radius 2 is 1.85 bits per heavy atom. The summed E-state index contributed by atoms with van der Waals surface area (Å²) in [5.74, 6) is 0.0594. The van der Waals surface area contributed by atoms with Crippen molar-refractivity contribution in [3.05, 3.63) is 83.8 Å². The van der Waals surface area contributed by atoms with Gasteiger partial charge in [0.2, 0.25) is 0 Å². The minimum absolute atomic E-state index is 0.0594. The molecule has 2 aromatic heterocycles. The van der Waals surface area contributed by atoms with Crippen molar-refractivity contribution in [2.45, 2.75) is 13.1 Å². The van der Waals surface area contributed by atoms with Crippen LogP contribution in [0.25, 0.3) is 22.0 Å². The molecule has 5 nitrogen and oxygen atoms in total. The molecule has 0 saturated carbocycles. The SMILES string of the molecule is Cn1ncc2cc(-c3ccc(CN4Cc5ncccc5C4=O)cc3)ccc21. The zero-order valence-corrected chi connectivity index (χ0v) is 15.0. The van der Waals surface area contributed by atoms with Crippen molar-refractivity contribution in [2.24, 2.45) is 7.05 Å². The number of rotatable bonds is 3. The molecule has 0 unspecified atom stereocenters. The predicted octanol–water partition coefficient (Wildman–Crippen LogP) is 3.79. The first kappa shape index (κ1) is 15.8. The Morgan fingerprint density at radius 1 is 1.04 bits per heavy atom. The first-order valence-corrected chi connectivity index (χ1v) is 8.93. The number of amides is 1. The maximum atomic E-state index is 12.5. The summed E-state index contributed by atoms with van der Waals surface area (Å²) in [6.45, 7) is 1.17. The van der Waals surface area contributed by atoms with Gasteiger partial charge in [0.1, 0.15) is 0 Å². The summed E-state index contributed by atoms with van der Waals surface area (Å²) in [5, 5.41) is 5.43. The highest BCUT2D eigenvalue weighted by atomic mass is 16.2. The topological polar surface area (TPSA) is 51.0 Å². The molecule has 0 spiro atoms. The van der Waals surface area contributed by atoms with Crippen LogP contribution in [-0.4, -0.2) is 25.6 Å². The van der Waals surface area contributed by atoms with Gasteiger partial charge in [-0.05, 0) is 41.0 Å². The average Bonchev–Trinajstić information content (AvgIpc) is 3.23. The minimum atomic E-state index is 0.0594. The van der Waals surface area contributed by atoms with E-state index in [0.29, 0.717) is 13.1 Å². The summed E-state index contributed by atoms with van der Waals surface area (Å²) < 4.78 is 1.88. The molecule has 0 radical (unpaired) electrons. The second-order valence-corrected chi connectivity index (χ2v) is 6.90. The Labute approximate surface area is 156 Å². The van der Waals surface area contributed by atoms with Gasteiger partial charge in [-0.1, -0.05) is 30.3 Å². The molecule has 0 N–H and O–H groups in total. The maximum Gasteiger partial charge on any atom is 0.256 e. The lowest BCUT2D eigenvalue weighted by Gasteiger charge is -2.15. The zero-order chi connectivity index (χ0) is 18.4. The molecule has 27 heavy (non-hydrogen) atoms. The van der Waals surface area contributed by atoms with E-state index < -0.39 is 0 Å².